The molecule has 1 fully saturated rings. The molecule has 0 bridgehead atoms. The third-order valence-corrected chi connectivity index (χ3v) is 5.46. The van der Waals surface area contributed by atoms with Crippen LogP contribution in [0.15, 0.2) is 0 Å². The van der Waals surface area contributed by atoms with Crippen LogP contribution in [-0.4, -0.2) is 40.1 Å². The van der Waals surface area contributed by atoms with Crippen molar-refractivity contribution >= 4 is 28.5 Å². The number of rotatable bonds is 2. The molecule has 2 N–H and O–H groups in total. The highest BCUT2D eigenvalue weighted by Crippen LogP contribution is 2.29. The largest absolute Gasteiger partial charge is 0.481 e. The second-order valence-corrected chi connectivity index (χ2v) is 7.09. The van der Waals surface area contributed by atoms with Crippen molar-refractivity contribution in [3.05, 3.63) is 10.6 Å². The Balaban J connectivity index is 1.62. The first-order chi connectivity index (χ1) is 10.6. The lowest BCUT2D eigenvalue weighted by Crippen LogP contribution is -2.33. The van der Waals surface area contributed by atoms with Crippen molar-refractivity contribution in [3.63, 3.8) is 0 Å². The Kier molecular flexibility index (Phi) is 4.61. The van der Waals surface area contributed by atoms with Gasteiger partial charge in [-0.15, -0.1) is 11.3 Å². The van der Waals surface area contributed by atoms with Gasteiger partial charge in [0.2, 0.25) is 0 Å². The number of aromatic nitrogens is 1. The highest BCUT2D eigenvalue weighted by Gasteiger charge is 2.31. The number of carbonyl (C=O) groups is 2. The normalized spacial score (nSPS) is 21.8. The van der Waals surface area contributed by atoms with Gasteiger partial charge in [0.15, 0.2) is 5.13 Å². The molecule has 1 unspecified atom stereocenters. The van der Waals surface area contributed by atoms with Gasteiger partial charge in [-0.05, 0) is 32.1 Å². The van der Waals surface area contributed by atoms with Gasteiger partial charge in [-0.1, -0.05) is 12.8 Å². The zero-order chi connectivity index (χ0) is 15.5. The number of hydrogen-bond donors (Lipinski definition) is 2. The van der Waals surface area contributed by atoms with Gasteiger partial charge in [-0.25, -0.2) is 9.78 Å². The number of aryl methyl sites for hydroxylation is 2. The maximum atomic E-state index is 12.2. The molecule has 6 nitrogen and oxygen atoms in total. The standard InChI is InChI=1S/C15H21N3O3S/c19-13(20)10-7-8-18(9-10)15(21)17-14-16-11-5-3-1-2-4-6-12(11)22-14/h10H,1-9H2,(H,19,20)(H,16,17,21). The third-order valence-electron chi connectivity index (χ3n) is 4.38. The second-order valence-electron chi connectivity index (χ2n) is 6.00. The predicted octanol–water partition coefficient (Wildman–Crippen LogP) is 2.74. The van der Waals surface area contributed by atoms with Gasteiger partial charge >= 0.3 is 12.0 Å². The quantitative estimate of drug-likeness (QED) is 0.876. The summed E-state index contributed by atoms with van der Waals surface area (Å²) in [4.78, 5) is 30.6. The summed E-state index contributed by atoms with van der Waals surface area (Å²) >= 11 is 1.57. The van der Waals surface area contributed by atoms with Crippen molar-refractivity contribution in [1.29, 1.82) is 0 Å². The van der Waals surface area contributed by atoms with Crippen molar-refractivity contribution in [1.82, 2.24) is 9.88 Å². The minimum absolute atomic E-state index is 0.231. The molecule has 0 spiro atoms. The molecule has 7 heteroatoms. The Morgan fingerprint density at radius 2 is 2.00 bits per heavy atom. The van der Waals surface area contributed by atoms with Gasteiger partial charge in [0, 0.05) is 18.0 Å². The van der Waals surface area contributed by atoms with E-state index in [1.54, 1.807) is 16.2 Å². The number of fused-ring (bicyclic) bond motifs is 1. The Bertz CT molecular complexity index is 547. The van der Waals surface area contributed by atoms with Crippen LogP contribution in [0.3, 0.4) is 0 Å². The number of hydrogen-bond acceptors (Lipinski definition) is 4. The first-order valence-corrected chi connectivity index (χ1v) is 8.72. The van der Waals surface area contributed by atoms with E-state index in [9.17, 15) is 9.59 Å². The SMILES string of the molecule is O=C(O)C1CCN(C(=O)Nc2nc3c(s2)CCCCCC3)C1. The van der Waals surface area contributed by atoms with Crippen LogP contribution in [0, 0.1) is 5.92 Å². The van der Waals surface area contributed by atoms with Crippen LogP contribution in [0.1, 0.15) is 42.7 Å². The van der Waals surface area contributed by atoms with Crippen molar-refractivity contribution in [2.24, 2.45) is 5.92 Å². The van der Waals surface area contributed by atoms with E-state index in [0.717, 1.165) is 25.0 Å². The van der Waals surface area contributed by atoms with E-state index in [1.807, 2.05) is 0 Å². The number of amides is 2. The summed E-state index contributed by atoms with van der Waals surface area (Å²) in [6, 6.07) is -0.231. The molecule has 1 saturated heterocycles. The monoisotopic (exact) mass is 323 g/mol. The molecule has 0 saturated carbocycles. The van der Waals surface area contributed by atoms with E-state index >= 15 is 0 Å². The Morgan fingerprint density at radius 3 is 2.73 bits per heavy atom. The van der Waals surface area contributed by atoms with Gasteiger partial charge in [-0.3, -0.25) is 10.1 Å². The van der Waals surface area contributed by atoms with Crippen molar-refractivity contribution in [2.75, 3.05) is 18.4 Å². The summed E-state index contributed by atoms with van der Waals surface area (Å²) in [6.07, 6.45) is 7.44. The highest BCUT2D eigenvalue weighted by molar-refractivity contribution is 7.15. The number of nitrogens with one attached hydrogen (secondary N) is 1. The Labute approximate surface area is 133 Å². The predicted molar refractivity (Wildman–Crippen MR) is 84.3 cm³/mol. The molecule has 0 aromatic carbocycles. The number of anilines is 1. The van der Waals surface area contributed by atoms with E-state index in [0.29, 0.717) is 18.1 Å². The lowest BCUT2D eigenvalue weighted by molar-refractivity contribution is -0.141. The Morgan fingerprint density at radius 1 is 1.23 bits per heavy atom. The number of urea groups is 1. The van der Waals surface area contributed by atoms with Gasteiger partial charge < -0.3 is 10.0 Å². The average molecular weight is 323 g/mol. The molecule has 1 aromatic rings. The molecule has 2 amide bonds. The fraction of sp³-hybridized carbons (Fsp3) is 0.667. The van der Waals surface area contributed by atoms with Crippen LogP contribution >= 0.6 is 11.3 Å². The molecular formula is C15H21N3O3S. The number of carboxylic acid groups (broad SMARTS) is 1. The molecular weight excluding hydrogens is 302 g/mol. The van der Waals surface area contributed by atoms with Gasteiger partial charge in [-0.2, -0.15) is 0 Å². The van der Waals surface area contributed by atoms with Crippen molar-refractivity contribution in [3.8, 4) is 0 Å². The van der Waals surface area contributed by atoms with Crippen LogP contribution in [0.5, 0.6) is 0 Å². The van der Waals surface area contributed by atoms with Crippen molar-refractivity contribution in [2.45, 2.75) is 44.9 Å². The second kappa shape index (κ2) is 6.64. The van der Waals surface area contributed by atoms with Crippen LogP contribution in [0.4, 0.5) is 9.93 Å². The van der Waals surface area contributed by atoms with Gasteiger partial charge in [0.05, 0.1) is 11.6 Å². The van der Waals surface area contributed by atoms with E-state index in [-0.39, 0.29) is 12.6 Å². The fourth-order valence-electron chi connectivity index (χ4n) is 3.08. The zero-order valence-corrected chi connectivity index (χ0v) is 13.3. The zero-order valence-electron chi connectivity index (χ0n) is 12.5. The number of nitrogens with zero attached hydrogens (tertiary/aromatic N) is 2. The van der Waals surface area contributed by atoms with E-state index in [2.05, 4.69) is 10.3 Å². The maximum absolute atomic E-state index is 12.2. The molecule has 2 aliphatic rings. The van der Waals surface area contributed by atoms with E-state index < -0.39 is 11.9 Å². The molecule has 22 heavy (non-hydrogen) atoms. The lowest BCUT2D eigenvalue weighted by atomic mass is 10.0. The molecule has 1 atom stereocenters. The van der Waals surface area contributed by atoms with Crippen LogP contribution in [0.25, 0.3) is 0 Å². The van der Waals surface area contributed by atoms with Crippen LogP contribution in [0.2, 0.25) is 0 Å². The Hall–Kier alpha value is -1.63. The average Bonchev–Trinajstić information content (AvgIpc) is 3.07. The highest BCUT2D eigenvalue weighted by atomic mass is 32.1. The number of carbonyl (C=O) groups excluding carboxylic acids is 1. The summed E-state index contributed by atoms with van der Waals surface area (Å²) < 4.78 is 0. The third kappa shape index (κ3) is 3.40. The van der Waals surface area contributed by atoms with E-state index in [4.69, 9.17) is 5.11 Å². The van der Waals surface area contributed by atoms with Gasteiger partial charge in [0.1, 0.15) is 0 Å². The summed E-state index contributed by atoms with van der Waals surface area (Å²) in [5.41, 5.74) is 1.13. The molecule has 3 rings (SSSR count). The summed E-state index contributed by atoms with van der Waals surface area (Å²) in [6.45, 7) is 0.778. The number of likely N-dealkylation sites (tertiary alicyclic amines) is 1. The first-order valence-electron chi connectivity index (χ1n) is 7.91. The topological polar surface area (TPSA) is 82.5 Å². The first kappa shape index (κ1) is 15.3. The fourth-order valence-corrected chi connectivity index (χ4v) is 4.12. The molecule has 1 aliphatic carbocycles. The number of carboxylic acids is 1. The van der Waals surface area contributed by atoms with E-state index in [1.165, 1.54) is 24.1 Å². The number of thiazole rings is 1. The van der Waals surface area contributed by atoms with Crippen LogP contribution in [-0.2, 0) is 17.6 Å². The minimum Gasteiger partial charge on any atom is -0.481 e. The summed E-state index contributed by atoms with van der Waals surface area (Å²) in [7, 11) is 0. The molecule has 1 aliphatic heterocycles. The molecule has 0 radical (unpaired) electrons. The lowest BCUT2D eigenvalue weighted by Gasteiger charge is -2.15. The maximum Gasteiger partial charge on any atom is 0.323 e. The summed E-state index contributed by atoms with van der Waals surface area (Å²) in [5, 5.41) is 12.5. The van der Waals surface area contributed by atoms with Crippen LogP contribution < -0.4 is 5.32 Å². The smallest absolute Gasteiger partial charge is 0.323 e. The minimum atomic E-state index is -0.826. The molecule has 2 heterocycles. The molecule has 1 aromatic heterocycles. The summed E-state index contributed by atoms with van der Waals surface area (Å²) in [5.74, 6) is -1.27. The number of aliphatic carboxylic acids is 1. The van der Waals surface area contributed by atoms with Crippen molar-refractivity contribution < 1.29 is 14.7 Å². The van der Waals surface area contributed by atoms with Gasteiger partial charge in [0.25, 0.3) is 0 Å². The molecule has 120 valence electrons.